The zero-order valence-corrected chi connectivity index (χ0v) is 18.2. The molecule has 0 aromatic heterocycles. The van der Waals surface area contributed by atoms with E-state index in [9.17, 15) is 9.59 Å². The monoisotopic (exact) mass is 408 g/mol. The van der Waals surface area contributed by atoms with Gasteiger partial charge in [0.25, 0.3) is 11.8 Å². The molecule has 0 radical (unpaired) electrons. The summed E-state index contributed by atoms with van der Waals surface area (Å²) < 4.78 is 5.97. The molecule has 160 valence electrons. The van der Waals surface area contributed by atoms with Crippen molar-refractivity contribution in [2.24, 2.45) is 0 Å². The van der Waals surface area contributed by atoms with Gasteiger partial charge in [-0.05, 0) is 74.4 Å². The lowest BCUT2D eigenvalue weighted by atomic mass is 9.98. The van der Waals surface area contributed by atoms with Gasteiger partial charge in [0.2, 0.25) is 0 Å². The van der Waals surface area contributed by atoms with Gasteiger partial charge in [-0.15, -0.1) is 0 Å². The summed E-state index contributed by atoms with van der Waals surface area (Å²) in [5.74, 6) is 0.952. The Morgan fingerprint density at radius 2 is 1.67 bits per heavy atom. The van der Waals surface area contributed by atoms with Crippen LogP contribution in [0, 0.1) is 0 Å². The molecule has 1 saturated heterocycles. The van der Waals surface area contributed by atoms with E-state index < -0.39 is 6.10 Å². The van der Waals surface area contributed by atoms with Gasteiger partial charge in [-0.3, -0.25) is 9.59 Å². The lowest BCUT2D eigenvalue weighted by Crippen LogP contribution is -2.35. The highest BCUT2D eigenvalue weighted by molar-refractivity contribution is 5.97. The predicted molar refractivity (Wildman–Crippen MR) is 120 cm³/mol. The van der Waals surface area contributed by atoms with Gasteiger partial charge in [-0.2, -0.15) is 0 Å². The third-order valence-electron chi connectivity index (χ3n) is 5.78. The van der Waals surface area contributed by atoms with Crippen molar-refractivity contribution < 1.29 is 14.3 Å². The average molecular weight is 409 g/mol. The highest BCUT2D eigenvalue weighted by Gasteiger charge is 2.20. The van der Waals surface area contributed by atoms with Gasteiger partial charge in [0.15, 0.2) is 6.10 Å². The Bertz CT molecular complexity index is 857. The minimum Gasteiger partial charge on any atom is -0.481 e. The van der Waals surface area contributed by atoms with Crippen LogP contribution in [-0.2, 0) is 4.79 Å². The summed E-state index contributed by atoms with van der Waals surface area (Å²) >= 11 is 0. The highest BCUT2D eigenvalue weighted by atomic mass is 16.5. The maximum Gasteiger partial charge on any atom is 0.265 e. The first kappa shape index (κ1) is 21.9. The van der Waals surface area contributed by atoms with Crippen LogP contribution >= 0.6 is 0 Å². The molecule has 0 aliphatic carbocycles. The van der Waals surface area contributed by atoms with E-state index in [1.165, 1.54) is 6.42 Å². The Labute approximate surface area is 179 Å². The van der Waals surface area contributed by atoms with E-state index in [4.69, 9.17) is 4.74 Å². The Balaban J connectivity index is 1.60. The zero-order chi connectivity index (χ0) is 21.5. The fraction of sp³-hybridized carbons (Fsp3) is 0.440. The van der Waals surface area contributed by atoms with Crippen LogP contribution in [0.15, 0.2) is 48.5 Å². The molecule has 2 aromatic rings. The molecule has 2 amide bonds. The number of piperidine rings is 1. The van der Waals surface area contributed by atoms with Crippen molar-refractivity contribution in [3.8, 4) is 5.75 Å². The molecule has 2 atom stereocenters. The Hall–Kier alpha value is -2.82. The number of para-hydroxylation sites is 1. The summed E-state index contributed by atoms with van der Waals surface area (Å²) in [6.45, 7) is 7.68. The number of benzene rings is 2. The third kappa shape index (κ3) is 5.41. The second-order valence-corrected chi connectivity index (χ2v) is 8.03. The van der Waals surface area contributed by atoms with E-state index in [1.54, 1.807) is 31.2 Å². The fourth-order valence-corrected chi connectivity index (χ4v) is 3.68. The number of likely N-dealkylation sites (tertiary alicyclic amines) is 1. The topological polar surface area (TPSA) is 58.6 Å². The van der Waals surface area contributed by atoms with E-state index in [0.29, 0.717) is 17.2 Å². The molecule has 0 spiro atoms. The molecule has 5 heteroatoms. The predicted octanol–water partition coefficient (Wildman–Crippen LogP) is 5.23. The number of hydrogen-bond donors (Lipinski definition) is 1. The maximum atomic E-state index is 12.6. The second-order valence-electron chi connectivity index (χ2n) is 8.03. The van der Waals surface area contributed by atoms with Crippen LogP contribution in [0.1, 0.15) is 68.3 Å². The first-order valence-corrected chi connectivity index (χ1v) is 11.0. The van der Waals surface area contributed by atoms with Crippen LogP contribution in [0.5, 0.6) is 5.75 Å². The molecule has 2 unspecified atom stereocenters. The van der Waals surface area contributed by atoms with E-state index in [0.717, 1.165) is 43.7 Å². The van der Waals surface area contributed by atoms with Crippen molar-refractivity contribution in [2.75, 3.05) is 18.4 Å². The standard InChI is InChI=1S/C25H32N2O3/c1-4-18(2)22-10-6-7-11-23(22)30-19(3)24(28)26-21-14-12-20(13-15-21)25(29)27-16-8-5-9-17-27/h6-7,10-15,18-19H,4-5,8-9,16-17H2,1-3H3,(H,26,28). The van der Waals surface area contributed by atoms with Crippen LogP contribution in [0.25, 0.3) is 0 Å². The number of rotatable bonds is 7. The molecular formula is C25H32N2O3. The molecule has 1 aliphatic heterocycles. The zero-order valence-electron chi connectivity index (χ0n) is 18.2. The van der Waals surface area contributed by atoms with Gasteiger partial charge in [0.1, 0.15) is 5.75 Å². The molecule has 2 aromatic carbocycles. The highest BCUT2D eigenvalue weighted by Crippen LogP contribution is 2.29. The van der Waals surface area contributed by atoms with Crippen LogP contribution in [0.2, 0.25) is 0 Å². The molecule has 1 fully saturated rings. The van der Waals surface area contributed by atoms with Crippen molar-refractivity contribution in [3.05, 3.63) is 59.7 Å². The lowest BCUT2D eigenvalue weighted by molar-refractivity contribution is -0.122. The molecule has 1 aliphatic rings. The molecule has 1 heterocycles. The van der Waals surface area contributed by atoms with Crippen LogP contribution in [0.3, 0.4) is 0 Å². The minimum atomic E-state index is -0.634. The van der Waals surface area contributed by atoms with Gasteiger partial charge in [0, 0.05) is 24.3 Å². The van der Waals surface area contributed by atoms with Crippen LogP contribution < -0.4 is 10.1 Å². The van der Waals surface area contributed by atoms with E-state index in [2.05, 4.69) is 19.2 Å². The third-order valence-corrected chi connectivity index (χ3v) is 5.78. The van der Waals surface area contributed by atoms with E-state index in [-0.39, 0.29) is 11.8 Å². The molecule has 5 nitrogen and oxygen atoms in total. The number of carbonyl (C=O) groups is 2. The molecule has 1 N–H and O–H groups in total. The van der Waals surface area contributed by atoms with Gasteiger partial charge < -0.3 is 15.0 Å². The van der Waals surface area contributed by atoms with E-state index in [1.807, 2.05) is 29.2 Å². The molecule has 3 rings (SSSR count). The SMILES string of the molecule is CCC(C)c1ccccc1OC(C)C(=O)Nc1ccc(C(=O)N2CCCCC2)cc1. The summed E-state index contributed by atoms with van der Waals surface area (Å²) in [5, 5.41) is 2.88. The van der Waals surface area contributed by atoms with Gasteiger partial charge in [-0.25, -0.2) is 0 Å². The van der Waals surface area contributed by atoms with Gasteiger partial charge in [-0.1, -0.05) is 32.0 Å². The fourth-order valence-electron chi connectivity index (χ4n) is 3.68. The summed E-state index contributed by atoms with van der Waals surface area (Å²) in [6, 6.07) is 15.0. The summed E-state index contributed by atoms with van der Waals surface area (Å²) in [6.07, 6.45) is 3.70. The van der Waals surface area contributed by atoms with Crippen molar-refractivity contribution in [2.45, 2.75) is 58.5 Å². The summed E-state index contributed by atoms with van der Waals surface area (Å²) in [5.41, 5.74) is 2.42. The number of anilines is 1. The van der Waals surface area contributed by atoms with Gasteiger partial charge >= 0.3 is 0 Å². The molecule has 0 saturated carbocycles. The smallest absolute Gasteiger partial charge is 0.265 e. The van der Waals surface area contributed by atoms with Crippen molar-refractivity contribution in [1.29, 1.82) is 0 Å². The number of ether oxygens (including phenoxy) is 1. The number of nitrogens with zero attached hydrogens (tertiary/aromatic N) is 1. The number of amides is 2. The van der Waals surface area contributed by atoms with Crippen LogP contribution in [0.4, 0.5) is 5.69 Å². The number of carbonyl (C=O) groups excluding carboxylic acids is 2. The largest absolute Gasteiger partial charge is 0.481 e. The minimum absolute atomic E-state index is 0.0610. The summed E-state index contributed by atoms with van der Waals surface area (Å²) in [4.78, 5) is 27.1. The average Bonchev–Trinajstić information content (AvgIpc) is 2.79. The lowest BCUT2D eigenvalue weighted by Gasteiger charge is -2.26. The Morgan fingerprint density at radius 1 is 1.00 bits per heavy atom. The Kier molecular flexibility index (Phi) is 7.50. The molecular weight excluding hydrogens is 376 g/mol. The van der Waals surface area contributed by atoms with E-state index >= 15 is 0 Å². The molecule has 0 bridgehead atoms. The first-order chi connectivity index (χ1) is 14.5. The quantitative estimate of drug-likeness (QED) is 0.682. The van der Waals surface area contributed by atoms with Crippen molar-refractivity contribution in [1.82, 2.24) is 4.90 Å². The number of nitrogens with one attached hydrogen (secondary N) is 1. The number of hydrogen-bond acceptors (Lipinski definition) is 3. The second kappa shape index (κ2) is 10.3. The summed E-state index contributed by atoms with van der Waals surface area (Å²) in [7, 11) is 0. The van der Waals surface area contributed by atoms with Crippen LogP contribution in [-0.4, -0.2) is 35.9 Å². The van der Waals surface area contributed by atoms with Crippen molar-refractivity contribution >= 4 is 17.5 Å². The molecule has 30 heavy (non-hydrogen) atoms. The Morgan fingerprint density at radius 3 is 2.33 bits per heavy atom. The normalized spacial score (nSPS) is 15.9. The van der Waals surface area contributed by atoms with Crippen molar-refractivity contribution in [3.63, 3.8) is 0 Å². The van der Waals surface area contributed by atoms with Gasteiger partial charge in [0.05, 0.1) is 0 Å². The first-order valence-electron chi connectivity index (χ1n) is 11.0. The maximum absolute atomic E-state index is 12.6.